The summed E-state index contributed by atoms with van der Waals surface area (Å²) in [5.74, 6) is 0. The molecule has 0 atom stereocenters. The standard InChI is InChI=1S/C3H7O2SSi/c1-7(2)5-3(4)6/h1-2H3,(H,4,6). The number of thiol groups is 1. The van der Waals surface area contributed by atoms with E-state index >= 15 is 0 Å². The van der Waals surface area contributed by atoms with Crippen molar-refractivity contribution in [3.63, 3.8) is 0 Å². The van der Waals surface area contributed by atoms with Gasteiger partial charge in [0.15, 0.2) is 0 Å². The summed E-state index contributed by atoms with van der Waals surface area (Å²) in [6.45, 7) is 3.75. The van der Waals surface area contributed by atoms with Crippen molar-refractivity contribution >= 4 is 27.0 Å². The largest absolute Gasteiger partial charge is 0.511 e. The lowest BCUT2D eigenvalue weighted by Gasteiger charge is -1.98. The van der Waals surface area contributed by atoms with Crippen LogP contribution in [0, 0.1) is 0 Å². The van der Waals surface area contributed by atoms with E-state index in [1.807, 2.05) is 13.1 Å². The van der Waals surface area contributed by atoms with Gasteiger partial charge in [0.1, 0.15) is 0 Å². The molecule has 0 rings (SSSR count). The van der Waals surface area contributed by atoms with E-state index in [1.165, 1.54) is 0 Å². The lowest BCUT2D eigenvalue weighted by molar-refractivity contribution is 0.228. The van der Waals surface area contributed by atoms with Gasteiger partial charge in [-0.2, -0.15) is 0 Å². The number of rotatable bonds is 1. The minimum atomic E-state index is -0.860. The second-order valence-corrected chi connectivity index (χ2v) is 3.66. The monoisotopic (exact) mass is 135 g/mol. The van der Waals surface area contributed by atoms with Gasteiger partial charge in [0.2, 0.25) is 0 Å². The zero-order chi connectivity index (χ0) is 5.86. The van der Waals surface area contributed by atoms with Gasteiger partial charge in [0.25, 0.3) is 9.04 Å². The second-order valence-electron chi connectivity index (χ2n) is 1.28. The highest BCUT2D eigenvalue weighted by atomic mass is 32.1. The second kappa shape index (κ2) is 3.09. The molecule has 0 aliphatic rings. The van der Waals surface area contributed by atoms with Crippen molar-refractivity contribution in [1.29, 1.82) is 0 Å². The first kappa shape index (κ1) is 7.04. The Balaban J connectivity index is 3.13. The molecule has 0 aliphatic carbocycles. The van der Waals surface area contributed by atoms with E-state index in [0.29, 0.717) is 0 Å². The van der Waals surface area contributed by atoms with Gasteiger partial charge < -0.3 is 4.43 Å². The summed E-state index contributed by atoms with van der Waals surface area (Å²) < 4.78 is 4.58. The van der Waals surface area contributed by atoms with E-state index in [0.717, 1.165) is 0 Å². The molecule has 41 valence electrons. The van der Waals surface area contributed by atoms with Gasteiger partial charge in [-0.3, -0.25) is 0 Å². The molecule has 0 aromatic carbocycles. The van der Waals surface area contributed by atoms with Crippen LogP contribution in [0.1, 0.15) is 0 Å². The maximum absolute atomic E-state index is 9.92. The molecule has 0 bridgehead atoms. The molecule has 0 heterocycles. The van der Waals surface area contributed by atoms with Crippen molar-refractivity contribution in [1.82, 2.24) is 0 Å². The van der Waals surface area contributed by atoms with Crippen LogP contribution in [0.3, 0.4) is 0 Å². The predicted molar refractivity (Wildman–Crippen MR) is 32.9 cm³/mol. The number of hydrogen-bond donors (Lipinski definition) is 1. The average Bonchev–Trinajstić information content (AvgIpc) is 1.27. The van der Waals surface area contributed by atoms with Gasteiger partial charge in [0, 0.05) is 0 Å². The Morgan fingerprint density at radius 1 is 1.71 bits per heavy atom. The van der Waals surface area contributed by atoms with Crippen LogP contribution in [0.2, 0.25) is 13.1 Å². The predicted octanol–water partition coefficient (Wildman–Crippen LogP) is 1.30. The maximum Gasteiger partial charge on any atom is 0.350 e. The van der Waals surface area contributed by atoms with Crippen LogP contribution in [-0.2, 0) is 4.43 Å². The summed E-state index contributed by atoms with van der Waals surface area (Å²) in [5.41, 5.74) is 0. The Morgan fingerprint density at radius 3 is 2.14 bits per heavy atom. The number of carbonyl (C=O) groups excluding carboxylic acids is 1. The lowest BCUT2D eigenvalue weighted by Crippen LogP contribution is -2.08. The molecule has 0 spiro atoms. The Hall–Kier alpha value is 0.0369. The zero-order valence-corrected chi connectivity index (χ0v) is 6.16. The van der Waals surface area contributed by atoms with Gasteiger partial charge >= 0.3 is 5.30 Å². The highest BCUT2D eigenvalue weighted by molar-refractivity contribution is 7.96. The van der Waals surface area contributed by atoms with Crippen LogP contribution < -0.4 is 0 Å². The summed E-state index contributed by atoms with van der Waals surface area (Å²) in [5, 5.41) is -0.473. The normalized spacial score (nSPS) is 9.14. The zero-order valence-electron chi connectivity index (χ0n) is 4.26. The molecular formula is C3H7O2SSi. The van der Waals surface area contributed by atoms with Gasteiger partial charge in [0.05, 0.1) is 0 Å². The third-order valence-corrected chi connectivity index (χ3v) is 1.15. The Kier molecular flexibility index (Phi) is 3.11. The summed E-state index contributed by atoms with van der Waals surface area (Å²) >= 11 is 3.40. The SMILES string of the molecule is C[Si](C)OC(=O)S. The Bertz CT molecular complexity index is 73.3. The van der Waals surface area contributed by atoms with Crippen LogP contribution >= 0.6 is 12.6 Å². The van der Waals surface area contributed by atoms with Gasteiger partial charge in [-0.25, -0.2) is 4.79 Å². The van der Waals surface area contributed by atoms with Crippen molar-refractivity contribution in [2.24, 2.45) is 0 Å². The van der Waals surface area contributed by atoms with E-state index in [2.05, 4.69) is 17.1 Å². The van der Waals surface area contributed by atoms with Crippen molar-refractivity contribution in [2.75, 3.05) is 0 Å². The first-order chi connectivity index (χ1) is 3.13. The van der Waals surface area contributed by atoms with Gasteiger partial charge in [-0.05, 0) is 13.1 Å². The van der Waals surface area contributed by atoms with Crippen molar-refractivity contribution in [3.8, 4) is 0 Å². The van der Waals surface area contributed by atoms with E-state index in [9.17, 15) is 4.79 Å². The molecule has 0 unspecified atom stereocenters. The molecule has 0 aromatic rings. The van der Waals surface area contributed by atoms with Crippen LogP contribution in [0.4, 0.5) is 4.79 Å². The van der Waals surface area contributed by atoms with Crippen molar-refractivity contribution in [2.45, 2.75) is 13.1 Å². The molecule has 2 nitrogen and oxygen atoms in total. The van der Waals surface area contributed by atoms with Crippen molar-refractivity contribution < 1.29 is 9.22 Å². The molecule has 0 saturated heterocycles. The number of carbonyl (C=O) groups is 1. The topological polar surface area (TPSA) is 26.3 Å². The molecule has 0 amide bonds. The van der Waals surface area contributed by atoms with E-state index in [4.69, 9.17) is 0 Å². The summed E-state index contributed by atoms with van der Waals surface area (Å²) in [6.07, 6.45) is 0. The maximum atomic E-state index is 9.92. The van der Waals surface area contributed by atoms with Gasteiger partial charge in [-0.15, -0.1) is 0 Å². The summed E-state index contributed by atoms with van der Waals surface area (Å²) in [4.78, 5) is 9.92. The molecular weight excluding hydrogens is 128 g/mol. The van der Waals surface area contributed by atoms with Crippen LogP contribution in [0.15, 0.2) is 0 Å². The summed E-state index contributed by atoms with van der Waals surface area (Å²) in [7, 11) is -0.860. The van der Waals surface area contributed by atoms with Crippen LogP contribution in [0.5, 0.6) is 0 Å². The first-order valence-electron chi connectivity index (χ1n) is 1.84. The van der Waals surface area contributed by atoms with Crippen LogP contribution in [0.25, 0.3) is 0 Å². The summed E-state index contributed by atoms with van der Waals surface area (Å²) in [6, 6.07) is 0. The molecule has 1 radical (unpaired) electrons. The fourth-order valence-corrected chi connectivity index (χ4v) is 1.07. The Labute approximate surface area is 50.0 Å². The first-order valence-corrected chi connectivity index (χ1v) is 4.69. The van der Waals surface area contributed by atoms with Crippen LogP contribution in [-0.4, -0.2) is 14.3 Å². The fraction of sp³-hybridized carbons (Fsp3) is 0.667. The quantitative estimate of drug-likeness (QED) is 0.433. The third kappa shape index (κ3) is 6.04. The number of hydrogen-bond acceptors (Lipinski definition) is 2. The van der Waals surface area contributed by atoms with E-state index < -0.39 is 14.3 Å². The third-order valence-electron chi connectivity index (χ3n) is 0.291. The van der Waals surface area contributed by atoms with E-state index in [1.54, 1.807) is 0 Å². The van der Waals surface area contributed by atoms with Gasteiger partial charge in [-0.1, -0.05) is 12.6 Å². The minimum absolute atomic E-state index is 0.473. The minimum Gasteiger partial charge on any atom is -0.511 e. The average molecular weight is 135 g/mol. The molecule has 0 N–H and O–H groups in total. The highest BCUT2D eigenvalue weighted by Gasteiger charge is 1.99. The molecule has 0 aliphatic heterocycles. The highest BCUT2D eigenvalue weighted by Crippen LogP contribution is 1.89. The van der Waals surface area contributed by atoms with Crippen molar-refractivity contribution in [3.05, 3.63) is 0 Å². The Morgan fingerprint density at radius 2 is 2.14 bits per heavy atom. The fourth-order valence-electron chi connectivity index (χ4n) is 0.175. The molecule has 0 saturated carbocycles. The molecule has 4 heteroatoms. The molecule has 0 fully saturated rings. The lowest BCUT2D eigenvalue weighted by atomic mass is 11.6. The van der Waals surface area contributed by atoms with E-state index in [-0.39, 0.29) is 0 Å². The molecule has 0 aromatic heterocycles. The smallest absolute Gasteiger partial charge is 0.350 e. The molecule has 7 heavy (non-hydrogen) atoms.